The average Bonchev–Trinajstić information content (AvgIpc) is 3.00. The Kier molecular flexibility index (Phi) is 7.32. The lowest BCUT2D eigenvalue weighted by atomic mass is 10.1. The molecule has 0 radical (unpaired) electrons. The third-order valence-electron chi connectivity index (χ3n) is 5.15. The maximum absolute atomic E-state index is 13.0. The van der Waals surface area contributed by atoms with E-state index in [1.165, 1.54) is 17.3 Å². The van der Waals surface area contributed by atoms with Crippen molar-refractivity contribution in [3.8, 4) is 0 Å². The monoisotopic (exact) mass is 423 g/mol. The van der Waals surface area contributed by atoms with Gasteiger partial charge in [-0.05, 0) is 55.5 Å². The van der Waals surface area contributed by atoms with Gasteiger partial charge in [0, 0.05) is 18.7 Å². The normalized spacial score (nSPS) is 17.6. The minimum atomic E-state index is -0.450. The number of aryl methyl sites for hydroxylation is 3. The highest BCUT2D eigenvalue weighted by Gasteiger charge is 2.38. The number of nitrogens with one attached hydrogen (secondary N) is 1. The van der Waals surface area contributed by atoms with E-state index in [0.29, 0.717) is 11.7 Å². The molecule has 2 aromatic rings. The van der Waals surface area contributed by atoms with Crippen LogP contribution in [0, 0.1) is 13.8 Å². The summed E-state index contributed by atoms with van der Waals surface area (Å²) < 4.78 is 0. The van der Waals surface area contributed by atoms with Crippen molar-refractivity contribution in [1.29, 1.82) is 0 Å². The molecule has 0 aromatic heterocycles. The molecule has 0 saturated carbocycles. The molecule has 1 N–H and O–H groups in total. The molecule has 1 aliphatic heterocycles. The summed E-state index contributed by atoms with van der Waals surface area (Å²) in [6.45, 7) is 8.69. The van der Waals surface area contributed by atoms with Crippen LogP contribution < -0.4 is 5.32 Å². The van der Waals surface area contributed by atoms with Gasteiger partial charge in [-0.2, -0.15) is 0 Å². The predicted octanol–water partition coefficient (Wildman–Crippen LogP) is 5.24. The number of thioether (sulfide) groups is 1. The van der Waals surface area contributed by atoms with Crippen molar-refractivity contribution in [2.45, 2.75) is 52.2 Å². The fourth-order valence-corrected chi connectivity index (χ4v) is 4.63. The molecule has 6 heteroatoms. The third-order valence-corrected chi connectivity index (χ3v) is 6.33. The number of anilines is 1. The lowest BCUT2D eigenvalue weighted by molar-refractivity contribution is -0.128. The summed E-state index contributed by atoms with van der Waals surface area (Å²) in [4.78, 5) is 32.1. The molecule has 0 bridgehead atoms. The summed E-state index contributed by atoms with van der Waals surface area (Å²) in [5.74, 6) is -0.189. The van der Waals surface area contributed by atoms with Crippen molar-refractivity contribution in [2.75, 3.05) is 11.9 Å². The Morgan fingerprint density at radius 1 is 1.10 bits per heavy atom. The fourth-order valence-electron chi connectivity index (χ4n) is 3.44. The number of amides is 2. The number of carbonyl (C=O) groups excluding carboxylic acids is 2. The van der Waals surface area contributed by atoms with Crippen molar-refractivity contribution < 1.29 is 9.59 Å². The van der Waals surface area contributed by atoms with Crippen LogP contribution in [0.25, 0.3) is 0 Å². The molecular weight excluding hydrogens is 394 g/mol. The van der Waals surface area contributed by atoms with Gasteiger partial charge in [0.05, 0.1) is 5.69 Å². The summed E-state index contributed by atoms with van der Waals surface area (Å²) in [5.41, 5.74) is 4.93. The van der Waals surface area contributed by atoms with Gasteiger partial charge in [-0.1, -0.05) is 55.9 Å². The first-order chi connectivity index (χ1) is 14.4. The highest BCUT2D eigenvalue weighted by Crippen LogP contribution is 2.32. The van der Waals surface area contributed by atoms with E-state index in [2.05, 4.69) is 24.4 Å². The molecule has 2 amide bonds. The Morgan fingerprint density at radius 2 is 1.77 bits per heavy atom. The Bertz CT molecular complexity index is 933. The second kappa shape index (κ2) is 9.94. The maximum atomic E-state index is 13.0. The summed E-state index contributed by atoms with van der Waals surface area (Å²) in [5, 5.41) is 3.21. The van der Waals surface area contributed by atoms with E-state index < -0.39 is 5.25 Å². The van der Waals surface area contributed by atoms with Crippen LogP contribution in [0.5, 0.6) is 0 Å². The Balaban J connectivity index is 1.74. The molecule has 30 heavy (non-hydrogen) atoms. The molecule has 0 spiro atoms. The van der Waals surface area contributed by atoms with Crippen LogP contribution >= 0.6 is 11.8 Å². The van der Waals surface area contributed by atoms with Crippen LogP contribution in [-0.4, -0.2) is 33.7 Å². The molecule has 1 heterocycles. The van der Waals surface area contributed by atoms with Gasteiger partial charge >= 0.3 is 0 Å². The summed E-state index contributed by atoms with van der Waals surface area (Å²) in [6, 6.07) is 14.0. The van der Waals surface area contributed by atoms with Crippen molar-refractivity contribution in [1.82, 2.24) is 4.90 Å². The second-order valence-corrected chi connectivity index (χ2v) is 8.70. The zero-order valence-electron chi connectivity index (χ0n) is 18.1. The van der Waals surface area contributed by atoms with Gasteiger partial charge in [0.15, 0.2) is 5.17 Å². The predicted molar refractivity (Wildman–Crippen MR) is 125 cm³/mol. The molecule has 1 atom stereocenters. The quantitative estimate of drug-likeness (QED) is 0.663. The van der Waals surface area contributed by atoms with E-state index in [1.54, 1.807) is 4.90 Å². The van der Waals surface area contributed by atoms with Gasteiger partial charge in [0.25, 0.3) is 0 Å². The molecule has 1 fully saturated rings. The van der Waals surface area contributed by atoms with E-state index >= 15 is 0 Å². The topological polar surface area (TPSA) is 61.8 Å². The van der Waals surface area contributed by atoms with Crippen LogP contribution in [-0.2, 0) is 16.0 Å². The van der Waals surface area contributed by atoms with Crippen molar-refractivity contribution in [3.63, 3.8) is 0 Å². The zero-order valence-corrected chi connectivity index (χ0v) is 18.9. The van der Waals surface area contributed by atoms with Gasteiger partial charge in [-0.25, -0.2) is 4.99 Å². The summed E-state index contributed by atoms with van der Waals surface area (Å²) in [7, 11) is 0. The summed E-state index contributed by atoms with van der Waals surface area (Å²) >= 11 is 1.38. The van der Waals surface area contributed by atoms with Crippen LogP contribution in [0.1, 0.15) is 43.4 Å². The van der Waals surface area contributed by atoms with Gasteiger partial charge in [0.2, 0.25) is 11.8 Å². The SMILES string of the molecule is CCCN1C(=O)[C@H](CC(=O)Nc2c(C)cccc2C)SC1=Nc1ccc(CC)cc1. The second-order valence-electron chi connectivity index (χ2n) is 7.53. The molecule has 0 unspecified atom stereocenters. The summed E-state index contributed by atoms with van der Waals surface area (Å²) in [6.07, 6.45) is 1.94. The number of rotatable bonds is 7. The number of aliphatic imine (C=N–C) groups is 1. The van der Waals surface area contributed by atoms with E-state index in [0.717, 1.165) is 35.3 Å². The molecule has 2 aromatic carbocycles. The highest BCUT2D eigenvalue weighted by molar-refractivity contribution is 8.15. The number of hydrogen-bond acceptors (Lipinski definition) is 4. The third kappa shape index (κ3) is 5.11. The van der Waals surface area contributed by atoms with Crippen molar-refractivity contribution >= 4 is 40.1 Å². The number of amidine groups is 1. The standard InChI is InChI=1S/C24H29N3O2S/c1-5-14-27-23(29)20(15-21(28)26-22-16(3)8-7-9-17(22)4)30-24(27)25-19-12-10-18(6-2)11-13-19/h7-13,20H,5-6,14-15H2,1-4H3,(H,26,28)/t20-/m0/s1. The minimum Gasteiger partial charge on any atom is -0.326 e. The fraction of sp³-hybridized carbons (Fsp3) is 0.375. The molecule has 5 nitrogen and oxygen atoms in total. The van der Waals surface area contributed by atoms with Crippen LogP contribution in [0.2, 0.25) is 0 Å². The first-order valence-electron chi connectivity index (χ1n) is 10.4. The first-order valence-corrected chi connectivity index (χ1v) is 11.3. The maximum Gasteiger partial charge on any atom is 0.242 e. The van der Waals surface area contributed by atoms with E-state index in [-0.39, 0.29) is 18.2 Å². The largest absolute Gasteiger partial charge is 0.326 e. The molecule has 0 aliphatic carbocycles. The molecule has 1 saturated heterocycles. The lowest BCUT2D eigenvalue weighted by Crippen LogP contribution is -2.34. The first kappa shape index (κ1) is 22.1. The Hall–Kier alpha value is -2.60. The van der Waals surface area contributed by atoms with E-state index in [1.807, 2.05) is 51.1 Å². The molecule has 3 rings (SSSR count). The number of carbonyl (C=O) groups is 2. The van der Waals surface area contributed by atoms with Crippen LogP contribution in [0.4, 0.5) is 11.4 Å². The van der Waals surface area contributed by atoms with Gasteiger partial charge < -0.3 is 5.32 Å². The highest BCUT2D eigenvalue weighted by atomic mass is 32.2. The zero-order chi connectivity index (χ0) is 21.7. The van der Waals surface area contributed by atoms with Gasteiger partial charge in [0.1, 0.15) is 5.25 Å². The van der Waals surface area contributed by atoms with E-state index in [4.69, 9.17) is 4.99 Å². The molecule has 1 aliphatic rings. The Morgan fingerprint density at radius 3 is 2.37 bits per heavy atom. The van der Waals surface area contributed by atoms with Gasteiger partial charge in [-0.3, -0.25) is 14.5 Å². The average molecular weight is 424 g/mol. The molecular formula is C24H29N3O2S. The number of hydrogen-bond donors (Lipinski definition) is 1. The number of para-hydroxylation sites is 1. The Labute approximate surface area is 183 Å². The van der Waals surface area contributed by atoms with Crippen LogP contribution in [0.15, 0.2) is 47.5 Å². The smallest absolute Gasteiger partial charge is 0.242 e. The number of benzene rings is 2. The minimum absolute atomic E-state index is 0.0394. The van der Waals surface area contributed by atoms with Crippen molar-refractivity contribution in [2.24, 2.45) is 4.99 Å². The van der Waals surface area contributed by atoms with Crippen LogP contribution in [0.3, 0.4) is 0 Å². The van der Waals surface area contributed by atoms with Gasteiger partial charge in [-0.15, -0.1) is 0 Å². The van der Waals surface area contributed by atoms with Crippen molar-refractivity contribution in [3.05, 3.63) is 59.2 Å². The lowest BCUT2D eigenvalue weighted by Gasteiger charge is -2.15. The molecule has 158 valence electrons. The van der Waals surface area contributed by atoms with E-state index in [9.17, 15) is 9.59 Å². The number of nitrogens with zero attached hydrogens (tertiary/aromatic N) is 2.